The van der Waals surface area contributed by atoms with Gasteiger partial charge in [-0.1, -0.05) is 0 Å². The van der Waals surface area contributed by atoms with E-state index in [0.29, 0.717) is 0 Å². The number of nitrogens with one attached hydrogen (secondary N) is 1. The lowest BCUT2D eigenvalue weighted by Crippen LogP contribution is -2.34. The summed E-state index contributed by atoms with van der Waals surface area (Å²) < 4.78 is 34.8. The van der Waals surface area contributed by atoms with Gasteiger partial charge in [0.15, 0.2) is 0 Å². The minimum Gasteiger partial charge on any atom is -0.480 e. The van der Waals surface area contributed by atoms with E-state index in [-0.39, 0.29) is 13.0 Å². The zero-order valence-corrected chi connectivity index (χ0v) is 7.19. The van der Waals surface area contributed by atoms with Crippen molar-refractivity contribution in [3.8, 4) is 0 Å². The third-order valence-corrected chi connectivity index (χ3v) is 1.46. The predicted octanol–water partition coefficient (Wildman–Crippen LogP) is 1.39. The van der Waals surface area contributed by atoms with Crippen molar-refractivity contribution in [3.05, 3.63) is 0 Å². The molecule has 0 aromatic carbocycles. The molecule has 0 aliphatic heterocycles. The smallest absolute Gasteiger partial charge is 0.389 e. The molecule has 0 bridgehead atoms. The van der Waals surface area contributed by atoms with Gasteiger partial charge < -0.3 is 10.4 Å². The molecule has 3 nitrogen and oxygen atoms in total. The van der Waals surface area contributed by atoms with E-state index in [0.717, 1.165) is 0 Å². The van der Waals surface area contributed by atoms with Gasteiger partial charge in [0.1, 0.15) is 6.04 Å². The molecule has 0 saturated heterocycles. The molecule has 0 aliphatic rings. The summed E-state index contributed by atoms with van der Waals surface area (Å²) in [6, 6.07) is -0.798. The molecule has 0 spiro atoms. The molecule has 0 aromatic heterocycles. The van der Waals surface area contributed by atoms with Crippen molar-refractivity contribution in [3.63, 3.8) is 0 Å². The first kappa shape index (κ1) is 12.2. The highest BCUT2D eigenvalue weighted by Crippen LogP contribution is 2.20. The van der Waals surface area contributed by atoms with Crippen molar-refractivity contribution >= 4 is 5.97 Å². The van der Waals surface area contributed by atoms with Crippen LogP contribution in [0.25, 0.3) is 0 Å². The molecule has 13 heavy (non-hydrogen) atoms. The molecule has 0 rings (SSSR count). The van der Waals surface area contributed by atoms with E-state index in [2.05, 4.69) is 5.32 Å². The average molecular weight is 199 g/mol. The molecular weight excluding hydrogens is 187 g/mol. The average Bonchev–Trinajstić information content (AvgIpc) is 1.95. The third-order valence-electron chi connectivity index (χ3n) is 1.46. The molecule has 0 aliphatic carbocycles. The van der Waals surface area contributed by atoms with Crippen LogP contribution in [-0.4, -0.2) is 29.8 Å². The van der Waals surface area contributed by atoms with Gasteiger partial charge in [0.05, 0.1) is 0 Å². The Kier molecular flexibility index (Phi) is 4.76. The van der Waals surface area contributed by atoms with Crippen LogP contribution in [0.15, 0.2) is 0 Å². The molecule has 0 amide bonds. The van der Waals surface area contributed by atoms with Crippen LogP contribution >= 0.6 is 0 Å². The van der Waals surface area contributed by atoms with Crippen molar-refractivity contribution in [1.29, 1.82) is 0 Å². The first-order valence-electron chi connectivity index (χ1n) is 3.86. The molecule has 0 saturated carbocycles. The van der Waals surface area contributed by atoms with Crippen LogP contribution in [-0.2, 0) is 4.79 Å². The summed E-state index contributed by atoms with van der Waals surface area (Å²) in [5.74, 6) is -1.06. The molecular formula is C7H12F3NO2. The zero-order chi connectivity index (χ0) is 10.5. The van der Waals surface area contributed by atoms with Gasteiger partial charge in [-0.2, -0.15) is 13.2 Å². The monoisotopic (exact) mass is 199 g/mol. The number of halogens is 3. The Hall–Kier alpha value is -0.780. The number of carboxylic acids is 1. The zero-order valence-electron chi connectivity index (χ0n) is 7.19. The Morgan fingerprint density at radius 3 is 2.46 bits per heavy atom. The molecule has 0 unspecified atom stereocenters. The third kappa shape index (κ3) is 7.58. The summed E-state index contributed by atoms with van der Waals surface area (Å²) in [5, 5.41) is 10.8. The van der Waals surface area contributed by atoms with E-state index < -0.39 is 24.6 Å². The highest BCUT2D eigenvalue weighted by Gasteiger charge is 2.26. The summed E-state index contributed by atoms with van der Waals surface area (Å²) >= 11 is 0. The van der Waals surface area contributed by atoms with E-state index in [4.69, 9.17) is 5.11 Å². The lowest BCUT2D eigenvalue weighted by atomic mass is 10.3. The molecule has 2 N–H and O–H groups in total. The van der Waals surface area contributed by atoms with Crippen LogP contribution in [0.1, 0.15) is 19.8 Å². The van der Waals surface area contributed by atoms with Gasteiger partial charge in [-0.05, 0) is 19.9 Å². The number of aliphatic carboxylic acids is 1. The van der Waals surface area contributed by atoms with Crippen LogP contribution < -0.4 is 5.32 Å². The summed E-state index contributed by atoms with van der Waals surface area (Å²) in [7, 11) is 0. The van der Waals surface area contributed by atoms with Gasteiger partial charge in [-0.15, -0.1) is 0 Å². The van der Waals surface area contributed by atoms with Crippen LogP contribution in [0.4, 0.5) is 13.2 Å². The van der Waals surface area contributed by atoms with Gasteiger partial charge in [0.25, 0.3) is 0 Å². The summed E-state index contributed by atoms with van der Waals surface area (Å²) in [6.07, 6.45) is -5.14. The highest BCUT2D eigenvalue weighted by atomic mass is 19.4. The van der Waals surface area contributed by atoms with Crippen LogP contribution in [0.5, 0.6) is 0 Å². The molecule has 1 atom stereocenters. The van der Waals surface area contributed by atoms with E-state index in [1.54, 1.807) is 0 Å². The van der Waals surface area contributed by atoms with Gasteiger partial charge >= 0.3 is 12.1 Å². The number of rotatable bonds is 5. The number of carboxylic acid groups (broad SMARTS) is 1. The number of alkyl halides is 3. The van der Waals surface area contributed by atoms with Crippen molar-refractivity contribution < 1.29 is 23.1 Å². The fourth-order valence-electron chi connectivity index (χ4n) is 0.695. The van der Waals surface area contributed by atoms with Gasteiger partial charge in [-0.25, -0.2) is 0 Å². The first-order chi connectivity index (χ1) is 5.83. The summed E-state index contributed by atoms with van der Waals surface area (Å²) in [4.78, 5) is 10.2. The molecule has 0 aromatic rings. The standard InChI is InChI=1S/C7H12F3NO2/c1-5(6(12)13)11-4-2-3-7(8,9)10/h5,11H,2-4H2,1H3,(H,12,13)/t5-/m0/s1. The Morgan fingerprint density at radius 2 is 2.08 bits per heavy atom. The van der Waals surface area contributed by atoms with Crippen LogP contribution in [0, 0.1) is 0 Å². The Balaban J connectivity index is 3.41. The maximum absolute atomic E-state index is 11.6. The maximum Gasteiger partial charge on any atom is 0.389 e. The van der Waals surface area contributed by atoms with Gasteiger partial charge in [0.2, 0.25) is 0 Å². The lowest BCUT2D eigenvalue weighted by Gasteiger charge is -2.09. The number of hydrogen-bond acceptors (Lipinski definition) is 2. The molecule has 0 heterocycles. The van der Waals surface area contributed by atoms with E-state index in [9.17, 15) is 18.0 Å². The highest BCUT2D eigenvalue weighted by molar-refractivity contribution is 5.72. The molecule has 78 valence electrons. The van der Waals surface area contributed by atoms with Crippen LogP contribution in [0.2, 0.25) is 0 Å². The van der Waals surface area contributed by atoms with E-state index in [1.807, 2.05) is 0 Å². The lowest BCUT2D eigenvalue weighted by molar-refractivity contribution is -0.139. The second-order valence-electron chi connectivity index (χ2n) is 2.73. The summed E-state index contributed by atoms with van der Waals surface area (Å²) in [5.41, 5.74) is 0. The van der Waals surface area contributed by atoms with Crippen LogP contribution in [0.3, 0.4) is 0 Å². The normalized spacial score (nSPS) is 14.2. The second kappa shape index (κ2) is 5.06. The Bertz CT molecular complexity index is 170. The summed E-state index contributed by atoms with van der Waals surface area (Å²) in [6.45, 7) is 1.45. The van der Waals surface area contributed by atoms with E-state index in [1.165, 1.54) is 6.92 Å². The SMILES string of the molecule is C[C@H](NCCCC(F)(F)F)C(=O)O. The largest absolute Gasteiger partial charge is 0.480 e. The van der Waals surface area contributed by atoms with Crippen molar-refractivity contribution in [1.82, 2.24) is 5.32 Å². The van der Waals surface area contributed by atoms with Gasteiger partial charge in [-0.3, -0.25) is 4.79 Å². The fraction of sp³-hybridized carbons (Fsp3) is 0.857. The first-order valence-corrected chi connectivity index (χ1v) is 3.86. The Morgan fingerprint density at radius 1 is 1.54 bits per heavy atom. The van der Waals surface area contributed by atoms with Crippen molar-refractivity contribution in [2.24, 2.45) is 0 Å². The van der Waals surface area contributed by atoms with Gasteiger partial charge in [0, 0.05) is 6.42 Å². The quantitative estimate of drug-likeness (QED) is 0.658. The fourth-order valence-corrected chi connectivity index (χ4v) is 0.695. The molecule has 6 heteroatoms. The predicted molar refractivity (Wildman–Crippen MR) is 40.4 cm³/mol. The van der Waals surface area contributed by atoms with Crippen molar-refractivity contribution in [2.45, 2.75) is 32.0 Å². The number of hydrogen-bond donors (Lipinski definition) is 2. The number of carbonyl (C=O) groups is 1. The molecule has 0 radical (unpaired) electrons. The maximum atomic E-state index is 11.6. The molecule has 0 fully saturated rings. The topological polar surface area (TPSA) is 49.3 Å². The minimum absolute atomic E-state index is 0.0625. The van der Waals surface area contributed by atoms with E-state index >= 15 is 0 Å². The second-order valence-corrected chi connectivity index (χ2v) is 2.73. The minimum atomic E-state index is -4.16. The van der Waals surface area contributed by atoms with Crippen molar-refractivity contribution in [2.75, 3.05) is 6.54 Å². The Labute approximate surface area is 73.9 Å².